The summed E-state index contributed by atoms with van der Waals surface area (Å²) in [4.78, 5) is 0. The Labute approximate surface area is 115 Å². The van der Waals surface area contributed by atoms with Gasteiger partial charge in [-0.15, -0.1) is 0 Å². The molecule has 0 bridgehead atoms. The number of nitriles is 1. The molecule has 4 nitrogen and oxygen atoms in total. The van der Waals surface area contributed by atoms with Crippen molar-refractivity contribution in [2.45, 2.75) is 26.8 Å². The zero-order valence-electron chi connectivity index (χ0n) is 12.3. The van der Waals surface area contributed by atoms with E-state index in [1.165, 1.54) is 0 Å². The van der Waals surface area contributed by atoms with Gasteiger partial charge in [0.15, 0.2) is 0 Å². The van der Waals surface area contributed by atoms with Crippen LogP contribution in [0.15, 0.2) is 18.2 Å². The van der Waals surface area contributed by atoms with Crippen LogP contribution >= 0.6 is 0 Å². The van der Waals surface area contributed by atoms with Crippen molar-refractivity contribution in [1.82, 2.24) is 5.32 Å². The zero-order chi connectivity index (χ0) is 14.5. The normalized spacial score (nSPS) is 12.6. The van der Waals surface area contributed by atoms with E-state index in [1.807, 2.05) is 39.0 Å². The van der Waals surface area contributed by atoms with Gasteiger partial charge < -0.3 is 14.8 Å². The minimum atomic E-state index is -0.389. The first-order chi connectivity index (χ1) is 8.93. The fourth-order valence-corrected chi connectivity index (χ4v) is 1.74. The molecule has 0 spiro atoms. The number of hydrogen-bond donors (Lipinski definition) is 1. The van der Waals surface area contributed by atoms with E-state index < -0.39 is 0 Å². The van der Waals surface area contributed by atoms with Gasteiger partial charge in [0.2, 0.25) is 0 Å². The van der Waals surface area contributed by atoms with Crippen LogP contribution in [0.5, 0.6) is 11.5 Å². The number of rotatable bonds is 6. The lowest BCUT2D eigenvalue weighted by molar-refractivity contribution is 0.379. The van der Waals surface area contributed by atoms with Gasteiger partial charge in [-0.3, -0.25) is 0 Å². The number of benzene rings is 1. The van der Waals surface area contributed by atoms with E-state index in [0.29, 0.717) is 6.54 Å². The molecule has 0 amide bonds. The Kier molecular flexibility index (Phi) is 5.20. The molecule has 1 aromatic rings. The van der Waals surface area contributed by atoms with Gasteiger partial charge in [0.1, 0.15) is 11.5 Å². The van der Waals surface area contributed by atoms with Crippen LogP contribution in [0.25, 0.3) is 0 Å². The Morgan fingerprint density at radius 1 is 1.32 bits per heavy atom. The molecule has 0 saturated carbocycles. The molecule has 1 rings (SSSR count). The van der Waals surface area contributed by atoms with Crippen molar-refractivity contribution in [3.8, 4) is 17.6 Å². The van der Waals surface area contributed by atoms with Crippen molar-refractivity contribution >= 4 is 0 Å². The third kappa shape index (κ3) is 4.15. The maximum atomic E-state index is 9.03. The van der Waals surface area contributed by atoms with Crippen molar-refractivity contribution in [2.24, 2.45) is 5.41 Å². The second kappa shape index (κ2) is 6.44. The second-order valence-electron chi connectivity index (χ2n) is 5.21. The highest BCUT2D eigenvalue weighted by Crippen LogP contribution is 2.29. The molecule has 0 fully saturated rings. The van der Waals surface area contributed by atoms with Gasteiger partial charge in [0.05, 0.1) is 25.7 Å². The Hall–Kier alpha value is -1.73. The number of hydrogen-bond acceptors (Lipinski definition) is 4. The first-order valence-corrected chi connectivity index (χ1v) is 6.30. The topological polar surface area (TPSA) is 54.3 Å². The molecule has 4 heteroatoms. The average molecular weight is 262 g/mol. The predicted octanol–water partition coefficient (Wildman–Crippen LogP) is 2.90. The molecule has 104 valence electrons. The van der Waals surface area contributed by atoms with Gasteiger partial charge in [0, 0.05) is 18.2 Å². The monoisotopic (exact) mass is 262 g/mol. The smallest absolute Gasteiger partial charge is 0.123 e. The molecule has 0 aliphatic heterocycles. The quantitative estimate of drug-likeness (QED) is 0.856. The molecular formula is C15H22N2O2. The summed E-state index contributed by atoms with van der Waals surface area (Å²) in [7, 11) is 3.29. The van der Waals surface area contributed by atoms with Gasteiger partial charge in [0.25, 0.3) is 0 Å². The first-order valence-electron chi connectivity index (χ1n) is 6.30. The lowest BCUT2D eigenvalue weighted by atomic mass is 9.95. The van der Waals surface area contributed by atoms with Gasteiger partial charge in [-0.05, 0) is 39.0 Å². The molecule has 1 aromatic carbocycles. The minimum absolute atomic E-state index is 0.0812. The third-order valence-electron chi connectivity index (χ3n) is 3.06. The Morgan fingerprint density at radius 3 is 2.53 bits per heavy atom. The summed E-state index contributed by atoms with van der Waals surface area (Å²) in [5.41, 5.74) is 0.635. The molecular weight excluding hydrogens is 240 g/mol. The van der Waals surface area contributed by atoms with Crippen LogP contribution in [0.4, 0.5) is 0 Å². The van der Waals surface area contributed by atoms with E-state index in [9.17, 15) is 0 Å². The molecule has 19 heavy (non-hydrogen) atoms. The molecule has 1 unspecified atom stereocenters. The summed E-state index contributed by atoms with van der Waals surface area (Å²) in [6.45, 7) is 6.49. The highest BCUT2D eigenvalue weighted by molar-refractivity contribution is 5.42. The van der Waals surface area contributed by atoms with Crippen molar-refractivity contribution in [1.29, 1.82) is 5.26 Å². The first kappa shape index (κ1) is 15.3. The fourth-order valence-electron chi connectivity index (χ4n) is 1.74. The van der Waals surface area contributed by atoms with E-state index >= 15 is 0 Å². The Bertz CT molecular complexity index is 464. The number of ether oxygens (including phenoxy) is 2. The van der Waals surface area contributed by atoms with Crippen molar-refractivity contribution in [2.75, 3.05) is 20.8 Å². The third-order valence-corrected chi connectivity index (χ3v) is 3.06. The maximum Gasteiger partial charge on any atom is 0.123 e. The van der Waals surface area contributed by atoms with E-state index in [4.69, 9.17) is 14.7 Å². The highest BCUT2D eigenvalue weighted by Gasteiger charge is 2.19. The van der Waals surface area contributed by atoms with Gasteiger partial charge in [-0.25, -0.2) is 0 Å². The van der Waals surface area contributed by atoms with Crippen molar-refractivity contribution in [3.05, 3.63) is 23.8 Å². The van der Waals surface area contributed by atoms with E-state index in [2.05, 4.69) is 11.4 Å². The van der Waals surface area contributed by atoms with Gasteiger partial charge in [-0.2, -0.15) is 5.26 Å². The molecule has 0 aliphatic rings. The SMILES string of the molecule is COc1ccc(OC)c(C(C)NCC(C)(C)C#N)c1. The van der Waals surface area contributed by atoms with Gasteiger partial charge in [-0.1, -0.05) is 0 Å². The van der Waals surface area contributed by atoms with Crippen LogP contribution in [0.3, 0.4) is 0 Å². The lowest BCUT2D eigenvalue weighted by Crippen LogP contribution is -2.30. The van der Waals surface area contributed by atoms with Crippen molar-refractivity contribution in [3.63, 3.8) is 0 Å². The largest absolute Gasteiger partial charge is 0.497 e. The van der Waals surface area contributed by atoms with Crippen LogP contribution < -0.4 is 14.8 Å². The summed E-state index contributed by atoms with van der Waals surface area (Å²) in [5.74, 6) is 1.61. The lowest BCUT2D eigenvalue weighted by Gasteiger charge is -2.22. The molecule has 0 heterocycles. The zero-order valence-corrected chi connectivity index (χ0v) is 12.3. The van der Waals surface area contributed by atoms with Crippen molar-refractivity contribution < 1.29 is 9.47 Å². The number of methoxy groups -OCH3 is 2. The standard InChI is InChI=1S/C15H22N2O2/c1-11(17-10-15(2,3)9-16)13-8-12(18-4)6-7-14(13)19-5/h6-8,11,17H,10H2,1-5H3. The molecule has 0 aliphatic carbocycles. The molecule has 0 radical (unpaired) electrons. The summed E-state index contributed by atoms with van der Waals surface area (Å²) in [5, 5.41) is 12.4. The van der Waals surface area contributed by atoms with E-state index in [-0.39, 0.29) is 11.5 Å². The van der Waals surface area contributed by atoms with Crippen LogP contribution in [0, 0.1) is 16.7 Å². The van der Waals surface area contributed by atoms with Crippen LogP contribution in [0.1, 0.15) is 32.4 Å². The van der Waals surface area contributed by atoms with Gasteiger partial charge >= 0.3 is 0 Å². The summed E-state index contributed by atoms with van der Waals surface area (Å²) >= 11 is 0. The summed E-state index contributed by atoms with van der Waals surface area (Å²) in [6.07, 6.45) is 0. The molecule has 1 atom stereocenters. The minimum Gasteiger partial charge on any atom is -0.497 e. The maximum absolute atomic E-state index is 9.03. The predicted molar refractivity (Wildman–Crippen MR) is 75.4 cm³/mol. The fraction of sp³-hybridized carbons (Fsp3) is 0.533. The number of nitrogens with one attached hydrogen (secondary N) is 1. The highest BCUT2D eigenvalue weighted by atomic mass is 16.5. The average Bonchev–Trinajstić information content (AvgIpc) is 2.44. The molecule has 0 saturated heterocycles. The van der Waals surface area contributed by atoms with Crippen LogP contribution in [-0.2, 0) is 0 Å². The van der Waals surface area contributed by atoms with Crippen LogP contribution in [-0.4, -0.2) is 20.8 Å². The molecule has 1 N–H and O–H groups in total. The Morgan fingerprint density at radius 2 is 2.00 bits per heavy atom. The number of nitrogens with zero attached hydrogens (tertiary/aromatic N) is 1. The van der Waals surface area contributed by atoms with E-state index in [0.717, 1.165) is 17.1 Å². The summed E-state index contributed by atoms with van der Waals surface area (Å²) < 4.78 is 10.6. The van der Waals surface area contributed by atoms with E-state index in [1.54, 1.807) is 14.2 Å². The van der Waals surface area contributed by atoms with Crippen LogP contribution in [0.2, 0.25) is 0 Å². The molecule has 0 aromatic heterocycles. The Balaban J connectivity index is 2.86. The summed E-state index contributed by atoms with van der Waals surface area (Å²) in [6, 6.07) is 8.08. The second-order valence-corrected chi connectivity index (χ2v) is 5.21.